The highest BCUT2D eigenvalue weighted by atomic mass is 14.6. The molecule has 0 saturated heterocycles. The molecule has 1 rings (SSSR count). The second kappa shape index (κ2) is 4.02. The van der Waals surface area contributed by atoms with Crippen LogP contribution in [0.5, 0.6) is 0 Å². The molecule has 0 amide bonds. The van der Waals surface area contributed by atoms with E-state index < -0.39 is 0 Å². The van der Waals surface area contributed by atoms with Crippen LogP contribution in [0, 0.1) is 23.2 Å². The zero-order chi connectivity index (χ0) is 10.1. The first-order valence-electron chi connectivity index (χ1n) is 6.00. The van der Waals surface area contributed by atoms with Gasteiger partial charge in [0, 0.05) is 0 Å². The lowest BCUT2D eigenvalue weighted by molar-refractivity contribution is 0.294. The zero-order valence-electron chi connectivity index (χ0n) is 10.1. The maximum absolute atomic E-state index is 2.50. The minimum Gasteiger partial charge on any atom is -0.0654 e. The highest BCUT2D eigenvalue weighted by Crippen LogP contribution is 2.60. The van der Waals surface area contributed by atoms with Gasteiger partial charge in [-0.15, -0.1) is 0 Å². The van der Waals surface area contributed by atoms with Crippen LogP contribution in [-0.4, -0.2) is 0 Å². The first kappa shape index (κ1) is 11.1. The molecule has 0 nitrogen and oxygen atoms in total. The summed E-state index contributed by atoms with van der Waals surface area (Å²) < 4.78 is 0. The minimum atomic E-state index is 0.709. The molecule has 0 heteroatoms. The van der Waals surface area contributed by atoms with Crippen molar-refractivity contribution < 1.29 is 0 Å². The fraction of sp³-hybridized carbons (Fsp3) is 1.00. The Bertz CT molecular complexity index is 159. The molecular formula is C13H26. The highest BCUT2D eigenvalue weighted by Gasteiger charge is 2.52. The molecule has 1 saturated carbocycles. The topological polar surface area (TPSA) is 0 Å². The molecule has 0 bridgehead atoms. The third kappa shape index (κ3) is 2.48. The highest BCUT2D eigenvalue weighted by molar-refractivity contribution is 5.01. The van der Waals surface area contributed by atoms with E-state index in [1.54, 1.807) is 0 Å². The molecule has 0 radical (unpaired) electrons. The molecule has 0 aromatic heterocycles. The first-order valence-corrected chi connectivity index (χ1v) is 6.00. The molecule has 1 aliphatic carbocycles. The summed E-state index contributed by atoms with van der Waals surface area (Å²) in [4.78, 5) is 0. The van der Waals surface area contributed by atoms with Crippen LogP contribution in [0.4, 0.5) is 0 Å². The molecule has 3 unspecified atom stereocenters. The second-order valence-corrected chi connectivity index (χ2v) is 5.73. The predicted molar refractivity (Wildman–Crippen MR) is 59.7 cm³/mol. The van der Waals surface area contributed by atoms with Crippen molar-refractivity contribution in [3.63, 3.8) is 0 Å². The van der Waals surface area contributed by atoms with Gasteiger partial charge in [-0.3, -0.25) is 0 Å². The van der Waals surface area contributed by atoms with Gasteiger partial charge in [-0.25, -0.2) is 0 Å². The third-order valence-corrected chi connectivity index (χ3v) is 4.06. The van der Waals surface area contributed by atoms with Gasteiger partial charge in [-0.1, -0.05) is 47.5 Å². The standard InChI is InChI=1S/C13H26/c1-6-7-11(4)13(5)9-12(13)8-10(2)3/h10-12H,6-9H2,1-5H3. The molecule has 78 valence electrons. The Hall–Kier alpha value is 0. The quantitative estimate of drug-likeness (QED) is 0.587. The van der Waals surface area contributed by atoms with Crippen molar-refractivity contribution in [1.82, 2.24) is 0 Å². The summed E-state index contributed by atoms with van der Waals surface area (Å²) in [7, 11) is 0. The smallest absolute Gasteiger partial charge is 0.0269 e. The molecule has 0 aliphatic heterocycles. The van der Waals surface area contributed by atoms with E-state index in [1.165, 1.54) is 25.7 Å². The molecule has 0 spiro atoms. The van der Waals surface area contributed by atoms with Crippen molar-refractivity contribution in [2.75, 3.05) is 0 Å². The van der Waals surface area contributed by atoms with E-state index in [-0.39, 0.29) is 0 Å². The predicted octanol–water partition coefficient (Wildman–Crippen LogP) is 4.49. The Kier molecular flexibility index (Phi) is 3.43. The Balaban J connectivity index is 2.35. The van der Waals surface area contributed by atoms with Crippen LogP contribution in [0.15, 0.2) is 0 Å². The number of rotatable bonds is 5. The fourth-order valence-corrected chi connectivity index (χ4v) is 2.76. The van der Waals surface area contributed by atoms with Gasteiger partial charge in [-0.2, -0.15) is 0 Å². The van der Waals surface area contributed by atoms with Gasteiger partial charge in [0.2, 0.25) is 0 Å². The van der Waals surface area contributed by atoms with Crippen molar-refractivity contribution in [3.8, 4) is 0 Å². The van der Waals surface area contributed by atoms with Crippen molar-refractivity contribution in [1.29, 1.82) is 0 Å². The Morgan fingerprint density at radius 2 is 1.92 bits per heavy atom. The molecule has 0 heterocycles. The monoisotopic (exact) mass is 182 g/mol. The molecule has 13 heavy (non-hydrogen) atoms. The van der Waals surface area contributed by atoms with E-state index in [9.17, 15) is 0 Å². The SMILES string of the molecule is CCCC(C)C1(C)CC1CC(C)C. The van der Waals surface area contributed by atoms with Gasteiger partial charge in [0.05, 0.1) is 0 Å². The van der Waals surface area contributed by atoms with E-state index in [0.717, 1.165) is 17.8 Å². The van der Waals surface area contributed by atoms with Crippen molar-refractivity contribution in [2.24, 2.45) is 23.2 Å². The van der Waals surface area contributed by atoms with Crippen LogP contribution >= 0.6 is 0 Å². The van der Waals surface area contributed by atoms with Crippen LogP contribution in [0.1, 0.15) is 60.3 Å². The summed E-state index contributed by atoms with van der Waals surface area (Å²) in [5, 5.41) is 0. The van der Waals surface area contributed by atoms with Crippen LogP contribution in [0.2, 0.25) is 0 Å². The van der Waals surface area contributed by atoms with Crippen LogP contribution < -0.4 is 0 Å². The van der Waals surface area contributed by atoms with Gasteiger partial charge in [0.15, 0.2) is 0 Å². The molecular weight excluding hydrogens is 156 g/mol. The molecule has 3 atom stereocenters. The van der Waals surface area contributed by atoms with Crippen molar-refractivity contribution >= 4 is 0 Å². The van der Waals surface area contributed by atoms with Gasteiger partial charge < -0.3 is 0 Å². The lowest BCUT2D eigenvalue weighted by atomic mass is 9.85. The lowest BCUT2D eigenvalue weighted by Gasteiger charge is -2.20. The summed E-state index contributed by atoms with van der Waals surface area (Å²) in [6.07, 6.45) is 5.72. The van der Waals surface area contributed by atoms with E-state index in [0.29, 0.717) is 5.41 Å². The largest absolute Gasteiger partial charge is 0.0654 e. The normalized spacial score (nSPS) is 35.1. The van der Waals surface area contributed by atoms with Gasteiger partial charge >= 0.3 is 0 Å². The van der Waals surface area contributed by atoms with Crippen molar-refractivity contribution in [3.05, 3.63) is 0 Å². The van der Waals surface area contributed by atoms with Gasteiger partial charge in [0.1, 0.15) is 0 Å². The van der Waals surface area contributed by atoms with E-state index in [4.69, 9.17) is 0 Å². The van der Waals surface area contributed by atoms with Gasteiger partial charge in [-0.05, 0) is 36.0 Å². The molecule has 0 aromatic carbocycles. The molecule has 0 N–H and O–H groups in total. The minimum absolute atomic E-state index is 0.709. The second-order valence-electron chi connectivity index (χ2n) is 5.73. The van der Waals surface area contributed by atoms with E-state index >= 15 is 0 Å². The summed E-state index contributed by atoms with van der Waals surface area (Å²) in [5.41, 5.74) is 0.709. The number of hydrogen-bond acceptors (Lipinski definition) is 0. The summed E-state index contributed by atoms with van der Waals surface area (Å²) in [6, 6.07) is 0. The lowest BCUT2D eigenvalue weighted by Crippen LogP contribution is -2.12. The third-order valence-electron chi connectivity index (χ3n) is 4.06. The van der Waals surface area contributed by atoms with E-state index in [2.05, 4.69) is 34.6 Å². The first-order chi connectivity index (χ1) is 6.00. The maximum Gasteiger partial charge on any atom is -0.0269 e. The van der Waals surface area contributed by atoms with E-state index in [1.807, 2.05) is 0 Å². The van der Waals surface area contributed by atoms with Crippen LogP contribution in [0.25, 0.3) is 0 Å². The average Bonchev–Trinajstić information content (AvgIpc) is 2.62. The number of hydrogen-bond donors (Lipinski definition) is 0. The van der Waals surface area contributed by atoms with Crippen molar-refractivity contribution in [2.45, 2.75) is 60.3 Å². The fourth-order valence-electron chi connectivity index (χ4n) is 2.76. The maximum atomic E-state index is 2.50. The zero-order valence-corrected chi connectivity index (χ0v) is 10.1. The molecule has 0 aromatic rings. The summed E-state index contributed by atoms with van der Waals surface area (Å²) in [5.74, 6) is 2.87. The Morgan fingerprint density at radius 1 is 1.31 bits per heavy atom. The summed E-state index contributed by atoms with van der Waals surface area (Å²) in [6.45, 7) is 12.0. The molecule has 1 aliphatic rings. The van der Waals surface area contributed by atoms with Crippen LogP contribution in [0.3, 0.4) is 0 Å². The summed E-state index contributed by atoms with van der Waals surface area (Å²) >= 11 is 0. The van der Waals surface area contributed by atoms with Crippen LogP contribution in [-0.2, 0) is 0 Å². The Labute approximate surface area is 84.1 Å². The van der Waals surface area contributed by atoms with Gasteiger partial charge in [0.25, 0.3) is 0 Å². The average molecular weight is 182 g/mol. The molecule has 1 fully saturated rings. The Morgan fingerprint density at radius 3 is 2.38 bits per heavy atom.